The molecule has 0 bridgehead atoms. The molecule has 3 heterocycles. The van der Waals surface area contributed by atoms with E-state index in [1.807, 2.05) is 35.2 Å². The number of carbonyl (C=O) groups is 4. The highest BCUT2D eigenvalue weighted by Gasteiger charge is 2.48. The van der Waals surface area contributed by atoms with Crippen LogP contribution in [-0.4, -0.2) is 76.8 Å². The largest absolute Gasteiger partial charge is 0.459 e. The summed E-state index contributed by atoms with van der Waals surface area (Å²) in [5.41, 5.74) is 2.41. The van der Waals surface area contributed by atoms with Crippen molar-refractivity contribution in [3.8, 4) is 0 Å². The molecule has 1 aromatic carbocycles. The van der Waals surface area contributed by atoms with Crippen LogP contribution in [0, 0.1) is 0 Å². The van der Waals surface area contributed by atoms with Crippen molar-refractivity contribution < 1.29 is 23.6 Å². The minimum Gasteiger partial charge on any atom is -0.459 e. The van der Waals surface area contributed by atoms with Gasteiger partial charge in [-0.1, -0.05) is 30.3 Å². The van der Waals surface area contributed by atoms with Gasteiger partial charge in [0.25, 0.3) is 17.7 Å². The van der Waals surface area contributed by atoms with Crippen LogP contribution in [-0.2, 0) is 16.0 Å². The number of benzene rings is 1. The zero-order valence-corrected chi connectivity index (χ0v) is 18.5. The number of hydrogen-bond acceptors (Lipinski definition) is 6. The summed E-state index contributed by atoms with van der Waals surface area (Å²) >= 11 is 0. The van der Waals surface area contributed by atoms with Gasteiger partial charge in [-0.3, -0.25) is 24.7 Å². The second-order valence-corrected chi connectivity index (χ2v) is 8.47. The van der Waals surface area contributed by atoms with Crippen molar-refractivity contribution in [2.45, 2.75) is 25.3 Å². The standard InChI is InChI=1S/C23H27N5O5/c1-23(10-9-17-6-3-2-4-7-17)21(31)28(22(32)24-23)25-19(29)16-26-11-13-27(14-12-26)20(30)18-8-5-15-33-18/h2-8,15H,9-14,16H2,1H3,(H,24,32)(H,25,29). The van der Waals surface area contributed by atoms with Gasteiger partial charge in [-0.05, 0) is 37.5 Å². The molecule has 5 amide bonds. The number of hydrazine groups is 1. The summed E-state index contributed by atoms with van der Waals surface area (Å²) in [6.07, 6.45) is 2.49. The number of rotatable bonds is 7. The Balaban J connectivity index is 1.26. The number of amides is 5. The van der Waals surface area contributed by atoms with Crippen LogP contribution in [0.15, 0.2) is 53.1 Å². The Morgan fingerprint density at radius 1 is 1.06 bits per heavy atom. The molecule has 2 aliphatic rings. The second-order valence-electron chi connectivity index (χ2n) is 8.47. The molecule has 0 spiro atoms. The van der Waals surface area contributed by atoms with E-state index in [2.05, 4.69) is 10.7 Å². The first-order chi connectivity index (χ1) is 15.9. The predicted molar refractivity (Wildman–Crippen MR) is 118 cm³/mol. The molecule has 10 heteroatoms. The van der Waals surface area contributed by atoms with Gasteiger partial charge in [-0.2, -0.15) is 5.01 Å². The maximum Gasteiger partial charge on any atom is 0.344 e. The van der Waals surface area contributed by atoms with E-state index in [9.17, 15) is 19.2 Å². The highest BCUT2D eigenvalue weighted by Crippen LogP contribution is 2.22. The third-order valence-corrected chi connectivity index (χ3v) is 6.01. The number of carbonyl (C=O) groups excluding carboxylic acids is 4. The van der Waals surface area contributed by atoms with Gasteiger partial charge in [-0.25, -0.2) is 4.79 Å². The van der Waals surface area contributed by atoms with Crippen LogP contribution in [0.3, 0.4) is 0 Å². The number of piperazine rings is 1. The molecule has 2 N–H and O–H groups in total. The Hall–Kier alpha value is -3.66. The molecule has 1 atom stereocenters. The van der Waals surface area contributed by atoms with Crippen LogP contribution >= 0.6 is 0 Å². The first-order valence-corrected chi connectivity index (χ1v) is 10.9. The number of imide groups is 1. The number of nitrogens with one attached hydrogen (secondary N) is 2. The van der Waals surface area contributed by atoms with Crippen LogP contribution in [0.25, 0.3) is 0 Å². The zero-order chi connectivity index (χ0) is 23.4. The molecule has 0 aliphatic carbocycles. The zero-order valence-electron chi connectivity index (χ0n) is 18.5. The van der Waals surface area contributed by atoms with Crippen molar-refractivity contribution in [1.29, 1.82) is 0 Å². The molecule has 10 nitrogen and oxygen atoms in total. The Morgan fingerprint density at radius 3 is 2.45 bits per heavy atom. The van der Waals surface area contributed by atoms with Gasteiger partial charge < -0.3 is 14.6 Å². The maximum absolute atomic E-state index is 12.9. The van der Waals surface area contributed by atoms with Gasteiger partial charge in [0.1, 0.15) is 5.54 Å². The van der Waals surface area contributed by atoms with E-state index in [-0.39, 0.29) is 18.2 Å². The van der Waals surface area contributed by atoms with Crippen molar-refractivity contribution in [3.63, 3.8) is 0 Å². The molecule has 2 fully saturated rings. The van der Waals surface area contributed by atoms with Crippen LogP contribution in [0.5, 0.6) is 0 Å². The quantitative estimate of drug-likeness (QED) is 0.605. The predicted octanol–water partition coefficient (Wildman–Crippen LogP) is 1.01. The van der Waals surface area contributed by atoms with Crippen LogP contribution in [0.1, 0.15) is 29.5 Å². The Kier molecular flexibility index (Phi) is 6.45. The molecule has 2 aromatic rings. The summed E-state index contributed by atoms with van der Waals surface area (Å²) in [7, 11) is 0. The lowest BCUT2D eigenvalue weighted by Crippen LogP contribution is -2.54. The van der Waals surface area contributed by atoms with E-state index in [0.29, 0.717) is 39.0 Å². The smallest absolute Gasteiger partial charge is 0.344 e. The van der Waals surface area contributed by atoms with Crippen LogP contribution < -0.4 is 10.7 Å². The lowest BCUT2D eigenvalue weighted by atomic mass is 9.93. The van der Waals surface area contributed by atoms with Crippen molar-refractivity contribution >= 4 is 23.8 Å². The van der Waals surface area contributed by atoms with E-state index in [4.69, 9.17) is 4.42 Å². The van der Waals surface area contributed by atoms with E-state index in [0.717, 1.165) is 10.6 Å². The molecular formula is C23H27N5O5. The normalized spacial score (nSPS) is 21.2. The number of aryl methyl sites for hydroxylation is 1. The lowest BCUT2D eigenvalue weighted by Gasteiger charge is -2.34. The molecule has 1 aromatic heterocycles. The molecule has 4 rings (SSSR count). The summed E-state index contributed by atoms with van der Waals surface area (Å²) in [6, 6.07) is 12.3. The summed E-state index contributed by atoms with van der Waals surface area (Å²) < 4.78 is 5.15. The molecule has 0 radical (unpaired) electrons. The number of furan rings is 1. The van der Waals surface area contributed by atoms with Crippen molar-refractivity contribution in [2.24, 2.45) is 0 Å². The van der Waals surface area contributed by atoms with Gasteiger partial charge in [0.2, 0.25) is 0 Å². The number of hydrogen-bond donors (Lipinski definition) is 2. The van der Waals surface area contributed by atoms with Gasteiger partial charge in [0, 0.05) is 26.2 Å². The van der Waals surface area contributed by atoms with Crippen LogP contribution in [0.4, 0.5) is 4.79 Å². The first kappa shape index (κ1) is 22.5. The van der Waals surface area contributed by atoms with Gasteiger partial charge in [0.15, 0.2) is 5.76 Å². The van der Waals surface area contributed by atoms with Gasteiger partial charge in [0.05, 0.1) is 12.8 Å². The SMILES string of the molecule is CC1(CCc2ccccc2)NC(=O)N(NC(=O)CN2CCN(C(=O)c3ccco3)CC2)C1=O. The molecule has 0 saturated carbocycles. The monoisotopic (exact) mass is 453 g/mol. The second kappa shape index (κ2) is 9.45. The molecule has 1 unspecified atom stereocenters. The fourth-order valence-corrected chi connectivity index (χ4v) is 4.02. The molecule has 2 saturated heterocycles. The van der Waals surface area contributed by atoms with Gasteiger partial charge in [-0.15, -0.1) is 0 Å². The fourth-order valence-electron chi connectivity index (χ4n) is 4.02. The average Bonchev–Trinajstić information content (AvgIpc) is 3.42. The Labute approximate surface area is 191 Å². The molecule has 2 aliphatic heterocycles. The van der Waals surface area contributed by atoms with Crippen molar-refractivity contribution in [3.05, 3.63) is 60.1 Å². The third-order valence-electron chi connectivity index (χ3n) is 6.01. The minimum atomic E-state index is -1.09. The topological polar surface area (TPSA) is 115 Å². The van der Waals surface area contributed by atoms with E-state index >= 15 is 0 Å². The van der Waals surface area contributed by atoms with E-state index in [1.54, 1.807) is 24.0 Å². The van der Waals surface area contributed by atoms with Crippen molar-refractivity contribution in [2.75, 3.05) is 32.7 Å². The summed E-state index contributed by atoms with van der Waals surface area (Å²) in [4.78, 5) is 53.7. The highest BCUT2D eigenvalue weighted by atomic mass is 16.3. The average molecular weight is 453 g/mol. The Morgan fingerprint density at radius 2 is 1.79 bits per heavy atom. The molecule has 33 heavy (non-hydrogen) atoms. The lowest BCUT2D eigenvalue weighted by molar-refractivity contribution is -0.139. The summed E-state index contributed by atoms with van der Waals surface area (Å²) in [5, 5.41) is 3.46. The number of urea groups is 1. The summed E-state index contributed by atoms with van der Waals surface area (Å²) in [6.45, 7) is 3.57. The first-order valence-electron chi connectivity index (χ1n) is 10.9. The van der Waals surface area contributed by atoms with Gasteiger partial charge >= 0.3 is 6.03 Å². The van der Waals surface area contributed by atoms with E-state index < -0.39 is 23.4 Å². The molecular weight excluding hydrogens is 426 g/mol. The maximum atomic E-state index is 12.9. The Bertz CT molecular complexity index is 1020. The van der Waals surface area contributed by atoms with E-state index in [1.165, 1.54) is 6.26 Å². The third kappa shape index (κ3) is 5.06. The minimum absolute atomic E-state index is 0.0145. The number of nitrogens with zero attached hydrogens (tertiary/aromatic N) is 3. The molecule has 174 valence electrons. The summed E-state index contributed by atoms with van der Waals surface area (Å²) in [5.74, 6) is -0.837. The van der Waals surface area contributed by atoms with Crippen LogP contribution in [0.2, 0.25) is 0 Å². The fraction of sp³-hybridized carbons (Fsp3) is 0.391. The van der Waals surface area contributed by atoms with Crippen molar-refractivity contribution in [1.82, 2.24) is 25.6 Å². The highest BCUT2D eigenvalue weighted by molar-refractivity contribution is 6.07.